The molecule has 1 saturated heterocycles. The molecular formula is C29H30ClN3O4S. The van der Waals surface area contributed by atoms with Crippen LogP contribution in [0.1, 0.15) is 47.7 Å². The van der Waals surface area contributed by atoms with Gasteiger partial charge in [0.05, 0.1) is 28.1 Å². The van der Waals surface area contributed by atoms with Crippen molar-refractivity contribution in [3.05, 3.63) is 82.5 Å². The van der Waals surface area contributed by atoms with E-state index in [1.54, 1.807) is 16.8 Å². The van der Waals surface area contributed by atoms with Gasteiger partial charge in [-0.2, -0.15) is 9.46 Å². The summed E-state index contributed by atoms with van der Waals surface area (Å²) in [5, 5.41) is 6.75. The first-order chi connectivity index (χ1) is 18.4. The highest BCUT2D eigenvalue weighted by molar-refractivity contribution is 7.93. The number of carbonyl (C=O) groups excluding carboxylic acids is 1. The molecule has 0 aliphatic carbocycles. The van der Waals surface area contributed by atoms with Crippen LogP contribution in [0, 0.1) is 0 Å². The number of carbonyl (C=O) groups is 1. The molecule has 2 heterocycles. The van der Waals surface area contributed by atoms with Gasteiger partial charge in [-0.05, 0) is 54.3 Å². The molecule has 0 N–H and O–H groups in total. The Balaban J connectivity index is 1.48. The van der Waals surface area contributed by atoms with Gasteiger partial charge in [-0.1, -0.05) is 54.4 Å². The molecule has 1 aliphatic rings. The van der Waals surface area contributed by atoms with Gasteiger partial charge in [-0.25, -0.2) is 8.89 Å². The third-order valence-electron chi connectivity index (χ3n) is 6.75. The number of nitrogens with zero attached hydrogens (tertiary/aromatic N) is 3. The molecule has 198 valence electrons. The van der Waals surface area contributed by atoms with Crippen LogP contribution < -0.4 is 9.47 Å². The number of aryl methyl sites for hydroxylation is 1. The topological polar surface area (TPSA) is 82.8 Å². The number of benzene rings is 3. The van der Waals surface area contributed by atoms with Gasteiger partial charge < -0.3 is 9.47 Å². The lowest BCUT2D eigenvalue weighted by atomic mass is 10.0. The van der Waals surface area contributed by atoms with Crippen molar-refractivity contribution in [2.24, 2.45) is 4.36 Å². The fourth-order valence-electron chi connectivity index (χ4n) is 4.70. The van der Waals surface area contributed by atoms with Crippen molar-refractivity contribution in [1.82, 2.24) is 9.78 Å². The number of methoxy groups -OCH3 is 1. The van der Waals surface area contributed by atoms with Crippen molar-refractivity contribution in [3.8, 4) is 11.6 Å². The summed E-state index contributed by atoms with van der Waals surface area (Å²) in [6.07, 6.45) is 4.25. The van der Waals surface area contributed by atoms with E-state index in [0.29, 0.717) is 35.2 Å². The van der Waals surface area contributed by atoms with Crippen LogP contribution in [0.15, 0.2) is 65.2 Å². The summed E-state index contributed by atoms with van der Waals surface area (Å²) in [6, 6.07) is 17.5. The van der Waals surface area contributed by atoms with Crippen LogP contribution in [0.5, 0.6) is 11.6 Å². The number of ether oxygens (including phenoxy) is 2. The molecule has 0 unspecified atom stereocenters. The van der Waals surface area contributed by atoms with Gasteiger partial charge in [-0.15, -0.1) is 0 Å². The van der Waals surface area contributed by atoms with Gasteiger partial charge in [0.2, 0.25) is 11.7 Å². The zero-order chi connectivity index (χ0) is 26.7. The predicted molar refractivity (Wildman–Crippen MR) is 151 cm³/mol. The SMILES string of the molecule is CCn1ncc(C(=O)c2ccc(OC)c(N=S3(=O)CCCCC3)c2Cl)c1OCc1ccc2ccccc2c1. The molecule has 7 nitrogen and oxygen atoms in total. The van der Waals surface area contributed by atoms with Gasteiger partial charge in [0, 0.05) is 23.6 Å². The number of ketones is 1. The van der Waals surface area contributed by atoms with Crippen LogP contribution in [-0.2, 0) is 22.9 Å². The zero-order valence-corrected chi connectivity index (χ0v) is 23.1. The highest BCUT2D eigenvalue weighted by Crippen LogP contribution is 2.40. The minimum atomic E-state index is -2.46. The lowest BCUT2D eigenvalue weighted by Crippen LogP contribution is -2.16. The molecule has 4 aromatic rings. The van der Waals surface area contributed by atoms with Crippen molar-refractivity contribution >= 4 is 43.6 Å². The molecule has 0 radical (unpaired) electrons. The van der Waals surface area contributed by atoms with Crippen LogP contribution in [-0.4, -0.2) is 38.4 Å². The molecule has 9 heteroatoms. The second kappa shape index (κ2) is 11.2. The largest absolute Gasteiger partial charge is 0.494 e. The maximum Gasteiger partial charge on any atom is 0.223 e. The molecule has 38 heavy (non-hydrogen) atoms. The molecule has 0 bridgehead atoms. The van der Waals surface area contributed by atoms with Crippen molar-refractivity contribution in [2.75, 3.05) is 18.6 Å². The number of fused-ring (bicyclic) bond motifs is 1. The lowest BCUT2D eigenvalue weighted by Gasteiger charge is -2.17. The average Bonchev–Trinajstić information content (AvgIpc) is 3.35. The average molecular weight is 552 g/mol. The van der Waals surface area contributed by atoms with Gasteiger partial charge in [-0.3, -0.25) is 4.79 Å². The van der Waals surface area contributed by atoms with E-state index in [4.69, 9.17) is 21.1 Å². The quantitative estimate of drug-likeness (QED) is 0.225. The van der Waals surface area contributed by atoms with E-state index >= 15 is 0 Å². The molecule has 0 saturated carbocycles. The number of hydrogen-bond acceptors (Lipinski definition) is 6. The molecule has 1 aliphatic heterocycles. The number of hydrogen-bond donors (Lipinski definition) is 0. The second-order valence-corrected chi connectivity index (χ2v) is 12.2. The molecule has 0 amide bonds. The number of halogens is 1. The Hall–Kier alpha value is -3.36. The molecule has 0 atom stereocenters. The van der Waals surface area contributed by atoms with Gasteiger partial charge >= 0.3 is 0 Å². The van der Waals surface area contributed by atoms with Crippen LogP contribution in [0.4, 0.5) is 5.69 Å². The predicted octanol–water partition coefficient (Wildman–Crippen LogP) is 6.81. The zero-order valence-electron chi connectivity index (χ0n) is 21.5. The van der Waals surface area contributed by atoms with E-state index in [2.05, 4.69) is 33.7 Å². The van der Waals surface area contributed by atoms with Gasteiger partial charge in [0.1, 0.15) is 23.6 Å². The van der Waals surface area contributed by atoms with E-state index in [1.807, 2.05) is 25.1 Å². The van der Waals surface area contributed by atoms with E-state index in [1.165, 1.54) is 13.3 Å². The minimum Gasteiger partial charge on any atom is -0.494 e. The molecule has 1 fully saturated rings. The Morgan fingerprint density at radius 2 is 1.82 bits per heavy atom. The highest BCUT2D eigenvalue weighted by Gasteiger charge is 2.26. The van der Waals surface area contributed by atoms with Crippen molar-refractivity contribution in [3.63, 3.8) is 0 Å². The summed E-state index contributed by atoms with van der Waals surface area (Å²) in [5.74, 6) is 1.44. The molecule has 5 rings (SSSR count). The fraction of sp³-hybridized carbons (Fsp3) is 0.310. The smallest absolute Gasteiger partial charge is 0.223 e. The Morgan fingerprint density at radius 1 is 1.05 bits per heavy atom. The second-order valence-electron chi connectivity index (χ2n) is 9.29. The number of aromatic nitrogens is 2. The Labute approximate surface area is 227 Å². The Morgan fingerprint density at radius 3 is 2.55 bits per heavy atom. The van der Waals surface area contributed by atoms with Crippen molar-refractivity contribution < 1.29 is 18.5 Å². The maximum absolute atomic E-state index is 13.8. The summed E-state index contributed by atoms with van der Waals surface area (Å²) in [5.41, 5.74) is 1.77. The molecule has 0 spiro atoms. The summed E-state index contributed by atoms with van der Waals surface area (Å²) >= 11 is 6.75. The fourth-order valence-corrected chi connectivity index (χ4v) is 7.24. The standard InChI is InChI=1S/C29H30ClN3O4S/c1-3-33-29(37-19-20-11-12-21-9-5-6-10-22(21)17-20)24(18-31-33)28(34)23-13-14-25(36-2)27(26(23)30)32-38(35)15-7-4-8-16-38/h5-6,9-14,17-18H,3-4,7-8,15-16,19H2,1-2H3. The van der Waals surface area contributed by atoms with Crippen LogP contribution in [0.3, 0.4) is 0 Å². The van der Waals surface area contributed by atoms with E-state index in [-0.39, 0.29) is 28.7 Å². The summed E-state index contributed by atoms with van der Waals surface area (Å²) in [6.45, 7) is 2.73. The first-order valence-corrected chi connectivity index (χ1v) is 15.0. The van der Waals surface area contributed by atoms with Crippen LogP contribution >= 0.6 is 11.6 Å². The molecule has 1 aromatic heterocycles. The summed E-state index contributed by atoms with van der Waals surface area (Å²) < 4.78 is 31.2. The Bertz CT molecular complexity index is 1610. The molecular weight excluding hydrogens is 522 g/mol. The molecule has 3 aromatic carbocycles. The minimum absolute atomic E-state index is 0.118. The van der Waals surface area contributed by atoms with Crippen molar-refractivity contribution in [1.29, 1.82) is 0 Å². The van der Waals surface area contributed by atoms with Crippen LogP contribution in [0.25, 0.3) is 10.8 Å². The lowest BCUT2D eigenvalue weighted by molar-refractivity contribution is 0.103. The first-order valence-electron chi connectivity index (χ1n) is 12.7. The van der Waals surface area contributed by atoms with Crippen LogP contribution in [0.2, 0.25) is 5.02 Å². The van der Waals surface area contributed by atoms with E-state index < -0.39 is 9.73 Å². The normalized spacial score (nSPS) is 14.8. The third kappa shape index (κ3) is 5.28. The van der Waals surface area contributed by atoms with Gasteiger partial charge in [0.25, 0.3) is 0 Å². The van der Waals surface area contributed by atoms with E-state index in [9.17, 15) is 9.00 Å². The van der Waals surface area contributed by atoms with E-state index in [0.717, 1.165) is 35.6 Å². The third-order valence-corrected chi connectivity index (χ3v) is 9.50. The summed E-state index contributed by atoms with van der Waals surface area (Å²) in [4.78, 5) is 13.8. The van der Waals surface area contributed by atoms with Crippen molar-refractivity contribution in [2.45, 2.75) is 39.3 Å². The number of rotatable bonds is 8. The maximum atomic E-state index is 13.8. The highest BCUT2D eigenvalue weighted by atomic mass is 35.5. The first kappa shape index (κ1) is 26.3. The Kier molecular flexibility index (Phi) is 7.72. The van der Waals surface area contributed by atoms with Gasteiger partial charge in [0.15, 0.2) is 0 Å². The monoisotopic (exact) mass is 551 g/mol. The summed E-state index contributed by atoms with van der Waals surface area (Å²) in [7, 11) is -0.956.